The lowest BCUT2D eigenvalue weighted by Gasteiger charge is -2.24. The van der Waals surface area contributed by atoms with Crippen molar-refractivity contribution in [2.75, 3.05) is 11.4 Å². The maximum Gasteiger partial charge on any atom is 0.150 e. The summed E-state index contributed by atoms with van der Waals surface area (Å²) in [6.45, 7) is 0.948. The van der Waals surface area contributed by atoms with Gasteiger partial charge in [0.1, 0.15) is 24.3 Å². The molecule has 1 aliphatic rings. The highest BCUT2D eigenvalue weighted by atomic mass is 15.3. The molecule has 7 heteroatoms. The Morgan fingerprint density at radius 3 is 2.68 bits per heavy atom. The van der Waals surface area contributed by atoms with Gasteiger partial charge >= 0.3 is 0 Å². The van der Waals surface area contributed by atoms with Gasteiger partial charge in [-0.05, 0) is 18.9 Å². The van der Waals surface area contributed by atoms with E-state index in [4.69, 9.17) is 0 Å². The standard InChI is InChI=1S/C15H15N7/c1-3-12(15-17-4-2-5-18-15)22(7-1)14-9-13(19-10-20-14)21-8-6-16-11-21/h2,4-6,8-12H,1,3,7H2. The van der Waals surface area contributed by atoms with E-state index in [0.29, 0.717) is 0 Å². The number of imidazole rings is 1. The van der Waals surface area contributed by atoms with Crippen molar-refractivity contribution in [3.63, 3.8) is 0 Å². The zero-order valence-electron chi connectivity index (χ0n) is 11.9. The average molecular weight is 293 g/mol. The predicted molar refractivity (Wildman–Crippen MR) is 80.5 cm³/mol. The summed E-state index contributed by atoms with van der Waals surface area (Å²) in [5, 5.41) is 0. The van der Waals surface area contributed by atoms with Crippen LogP contribution in [0.2, 0.25) is 0 Å². The maximum absolute atomic E-state index is 4.43. The first-order valence-electron chi connectivity index (χ1n) is 7.26. The second kappa shape index (κ2) is 5.51. The summed E-state index contributed by atoms with van der Waals surface area (Å²) in [7, 11) is 0. The van der Waals surface area contributed by atoms with Gasteiger partial charge in [0.25, 0.3) is 0 Å². The van der Waals surface area contributed by atoms with Crippen LogP contribution in [0.15, 0.2) is 49.6 Å². The molecule has 110 valence electrons. The van der Waals surface area contributed by atoms with Crippen molar-refractivity contribution in [3.05, 3.63) is 55.4 Å². The Kier molecular flexibility index (Phi) is 3.23. The summed E-state index contributed by atoms with van der Waals surface area (Å²) in [6, 6.07) is 3.99. The monoisotopic (exact) mass is 293 g/mol. The summed E-state index contributed by atoms with van der Waals surface area (Å²) in [5.41, 5.74) is 0. The molecule has 3 aromatic rings. The molecule has 4 rings (SSSR count). The molecule has 3 aromatic heterocycles. The van der Waals surface area contributed by atoms with Crippen LogP contribution in [0.5, 0.6) is 0 Å². The smallest absolute Gasteiger partial charge is 0.150 e. The van der Waals surface area contributed by atoms with Crippen molar-refractivity contribution in [2.24, 2.45) is 0 Å². The fourth-order valence-electron chi connectivity index (χ4n) is 2.82. The third-order valence-corrected chi connectivity index (χ3v) is 3.84. The molecule has 1 atom stereocenters. The molecule has 1 saturated heterocycles. The highest BCUT2D eigenvalue weighted by molar-refractivity contribution is 5.46. The summed E-state index contributed by atoms with van der Waals surface area (Å²) in [4.78, 5) is 23.8. The molecule has 1 aliphatic heterocycles. The topological polar surface area (TPSA) is 72.6 Å². The second-order valence-corrected chi connectivity index (χ2v) is 5.16. The maximum atomic E-state index is 4.43. The first-order valence-corrected chi connectivity index (χ1v) is 7.26. The van der Waals surface area contributed by atoms with Gasteiger partial charge in [0.15, 0.2) is 5.82 Å². The van der Waals surface area contributed by atoms with Crippen LogP contribution >= 0.6 is 0 Å². The molecule has 0 radical (unpaired) electrons. The minimum atomic E-state index is 0.173. The van der Waals surface area contributed by atoms with Crippen molar-refractivity contribution in [1.82, 2.24) is 29.5 Å². The van der Waals surface area contributed by atoms with Gasteiger partial charge in [0, 0.05) is 37.4 Å². The van der Waals surface area contributed by atoms with E-state index in [1.165, 1.54) is 0 Å². The fourth-order valence-corrected chi connectivity index (χ4v) is 2.82. The molecule has 0 bridgehead atoms. The highest BCUT2D eigenvalue weighted by Crippen LogP contribution is 2.33. The van der Waals surface area contributed by atoms with E-state index >= 15 is 0 Å². The van der Waals surface area contributed by atoms with Gasteiger partial charge in [0.05, 0.1) is 6.04 Å². The third kappa shape index (κ3) is 2.30. The zero-order chi connectivity index (χ0) is 14.8. The van der Waals surface area contributed by atoms with Crippen LogP contribution in [0.25, 0.3) is 5.82 Å². The number of nitrogens with zero attached hydrogens (tertiary/aromatic N) is 7. The lowest BCUT2D eigenvalue weighted by atomic mass is 10.2. The van der Waals surface area contributed by atoms with Gasteiger partial charge in [-0.2, -0.15) is 0 Å². The molecule has 1 unspecified atom stereocenters. The van der Waals surface area contributed by atoms with E-state index in [1.54, 1.807) is 31.2 Å². The average Bonchev–Trinajstić information content (AvgIpc) is 3.27. The van der Waals surface area contributed by atoms with E-state index in [2.05, 4.69) is 29.8 Å². The van der Waals surface area contributed by atoms with Crippen molar-refractivity contribution < 1.29 is 0 Å². The predicted octanol–water partition coefficient (Wildman–Crippen LogP) is 1.79. The SMILES string of the molecule is c1cnc(C2CCCN2c2cc(-n3ccnc3)ncn2)nc1. The normalized spacial score (nSPS) is 17.8. The molecule has 22 heavy (non-hydrogen) atoms. The largest absolute Gasteiger partial charge is 0.346 e. The molecule has 7 nitrogen and oxygen atoms in total. The van der Waals surface area contributed by atoms with Gasteiger partial charge in [-0.15, -0.1) is 0 Å². The van der Waals surface area contributed by atoms with Crippen LogP contribution in [0, 0.1) is 0 Å². The number of anilines is 1. The van der Waals surface area contributed by atoms with E-state index in [9.17, 15) is 0 Å². The Morgan fingerprint density at radius 1 is 1.00 bits per heavy atom. The quantitative estimate of drug-likeness (QED) is 0.733. The third-order valence-electron chi connectivity index (χ3n) is 3.84. The fraction of sp³-hybridized carbons (Fsp3) is 0.267. The van der Waals surface area contributed by atoms with E-state index in [0.717, 1.165) is 36.8 Å². The Bertz CT molecular complexity index is 742. The van der Waals surface area contributed by atoms with Crippen LogP contribution in [0.4, 0.5) is 5.82 Å². The molecule has 0 saturated carbocycles. The second-order valence-electron chi connectivity index (χ2n) is 5.16. The van der Waals surface area contributed by atoms with Gasteiger partial charge in [0.2, 0.25) is 0 Å². The van der Waals surface area contributed by atoms with Gasteiger partial charge in [-0.25, -0.2) is 24.9 Å². The molecule has 0 N–H and O–H groups in total. The first-order chi connectivity index (χ1) is 10.9. The van der Waals surface area contributed by atoms with Crippen molar-refractivity contribution >= 4 is 5.82 Å². The number of rotatable bonds is 3. The molecule has 0 spiro atoms. The number of aromatic nitrogens is 6. The zero-order valence-corrected chi connectivity index (χ0v) is 11.9. The molecular formula is C15H15N7. The summed E-state index contributed by atoms with van der Waals surface area (Å²) >= 11 is 0. The van der Waals surface area contributed by atoms with Gasteiger partial charge < -0.3 is 4.90 Å². The summed E-state index contributed by atoms with van der Waals surface area (Å²) in [5.74, 6) is 2.55. The summed E-state index contributed by atoms with van der Waals surface area (Å²) < 4.78 is 1.87. The van der Waals surface area contributed by atoms with E-state index < -0.39 is 0 Å². The number of hydrogen-bond acceptors (Lipinski definition) is 6. The molecule has 0 amide bonds. The lowest BCUT2D eigenvalue weighted by molar-refractivity contribution is 0.659. The Balaban J connectivity index is 1.68. The first kappa shape index (κ1) is 12.9. The lowest BCUT2D eigenvalue weighted by Crippen LogP contribution is -2.25. The van der Waals surface area contributed by atoms with E-state index in [-0.39, 0.29) is 6.04 Å². The minimum absolute atomic E-state index is 0.173. The Morgan fingerprint density at radius 2 is 1.86 bits per heavy atom. The van der Waals surface area contributed by atoms with Crippen molar-refractivity contribution in [2.45, 2.75) is 18.9 Å². The van der Waals surface area contributed by atoms with Gasteiger partial charge in [-0.1, -0.05) is 0 Å². The molecule has 0 aliphatic carbocycles. The van der Waals surface area contributed by atoms with E-state index in [1.807, 2.05) is 22.9 Å². The van der Waals surface area contributed by atoms with Gasteiger partial charge in [-0.3, -0.25) is 4.57 Å². The molecule has 1 fully saturated rings. The molecule has 4 heterocycles. The molecular weight excluding hydrogens is 278 g/mol. The van der Waals surface area contributed by atoms with Crippen LogP contribution in [0.1, 0.15) is 24.7 Å². The summed E-state index contributed by atoms with van der Waals surface area (Å²) in [6.07, 6.45) is 12.6. The highest BCUT2D eigenvalue weighted by Gasteiger charge is 2.29. The Hall–Kier alpha value is -2.83. The van der Waals surface area contributed by atoms with Crippen LogP contribution in [-0.2, 0) is 0 Å². The number of hydrogen-bond donors (Lipinski definition) is 0. The minimum Gasteiger partial charge on any atom is -0.346 e. The van der Waals surface area contributed by atoms with Crippen molar-refractivity contribution in [3.8, 4) is 5.82 Å². The Labute approximate surface area is 127 Å². The van der Waals surface area contributed by atoms with Crippen molar-refractivity contribution in [1.29, 1.82) is 0 Å². The van der Waals surface area contributed by atoms with Crippen LogP contribution < -0.4 is 4.90 Å². The molecule has 0 aromatic carbocycles. The van der Waals surface area contributed by atoms with Crippen LogP contribution in [-0.4, -0.2) is 36.0 Å². The van der Waals surface area contributed by atoms with Crippen LogP contribution in [0.3, 0.4) is 0 Å².